The van der Waals surface area contributed by atoms with Gasteiger partial charge in [-0.2, -0.15) is 0 Å². The molecule has 0 aromatic heterocycles. The lowest BCUT2D eigenvalue weighted by Crippen LogP contribution is -1.88. The Kier molecular flexibility index (Phi) is 3.10. The van der Waals surface area contributed by atoms with Crippen molar-refractivity contribution >= 4 is 6.21 Å². The van der Waals surface area contributed by atoms with Crippen LogP contribution in [0, 0.1) is 5.82 Å². The number of rotatable bonds is 2. The Hall–Kier alpha value is -1.96. The number of aliphatic imine (C=N–C) groups is 1. The second-order valence-corrected chi connectivity index (χ2v) is 3.48. The molecule has 0 atom stereocenters. The average Bonchev–Trinajstić information content (AvgIpc) is 2.30. The van der Waals surface area contributed by atoms with Crippen molar-refractivity contribution in [1.29, 1.82) is 0 Å². The van der Waals surface area contributed by atoms with Gasteiger partial charge in [-0.1, -0.05) is 36.4 Å². The van der Waals surface area contributed by atoms with Crippen molar-refractivity contribution in [3.05, 3.63) is 59.9 Å². The minimum absolute atomic E-state index is 0.222. The molecule has 80 valence electrons. The molecule has 0 fully saturated rings. The standard InChI is InChI=1S/C14H12FN/c1-16-10-12-5-2-3-8-14(12)11-6-4-7-13(15)9-11/h2-10H,1H3. The Labute approximate surface area is 94.3 Å². The van der Waals surface area contributed by atoms with Crippen molar-refractivity contribution in [1.82, 2.24) is 0 Å². The summed E-state index contributed by atoms with van der Waals surface area (Å²) in [5.74, 6) is -0.222. The Balaban J connectivity index is 2.55. The fourth-order valence-corrected chi connectivity index (χ4v) is 1.67. The summed E-state index contributed by atoms with van der Waals surface area (Å²) in [6.07, 6.45) is 1.78. The van der Waals surface area contributed by atoms with E-state index in [1.54, 1.807) is 19.3 Å². The second kappa shape index (κ2) is 4.71. The molecule has 0 unspecified atom stereocenters. The van der Waals surface area contributed by atoms with Gasteiger partial charge in [-0.05, 0) is 23.3 Å². The van der Waals surface area contributed by atoms with Gasteiger partial charge in [-0.15, -0.1) is 0 Å². The number of hydrogen-bond donors (Lipinski definition) is 0. The third-order valence-corrected chi connectivity index (χ3v) is 2.36. The van der Waals surface area contributed by atoms with Gasteiger partial charge in [0.25, 0.3) is 0 Å². The zero-order valence-electron chi connectivity index (χ0n) is 9.02. The first-order valence-electron chi connectivity index (χ1n) is 5.08. The summed E-state index contributed by atoms with van der Waals surface area (Å²) in [6, 6.07) is 14.4. The molecule has 0 aliphatic carbocycles. The van der Waals surface area contributed by atoms with Gasteiger partial charge in [-0.3, -0.25) is 4.99 Å². The molecular formula is C14H12FN. The summed E-state index contributed by atoms with van der Waals surface area (Å²) in [6.45, 7) is 0. The Morgan fingerprint density at radius 2 is 1.88 bits per heavy atom. The van der Waals surface area contributed by atoms with E-state index in [4.69, 9.17) is 0 Å². The maximum Gasteiger partial charge on any atom is 0.123 e. The molecule has 0 radical (unpaired) electrons. The molecule has 0 saturated carbocycles. The Morgan fingerprint density at radius 3 is 2.62 bits per heavy atom. The van der Waals surface area contributed by atoms with E-state index in [0.717, 1.165) is 16.7 Å². The van der Waals surface area contributed by atoms with Crippen LogP contribution in [0.25, 0.3) is 11.1 Å². The van der Waals surface area contributed by atoms with E-state index in [1.807, 2.05) is 30.3 Å². The highest BCUT2D eigenvalue weighted by Crippen LogP contribution is 2.23. The minimum Gasteiger partial charge on any atom is -0.296 e. The molecule has 0 N–H and O–H groups in total. The van der Waals surface area contributed by atoms with Crippen LogP contribution in [-0.4, -0.2) is 13.3 Å². The van der Waals surface area contributed by atoms with Gasteiger partial charge < -0.3 is 0 Å². The molecule has 1 nitrogen and oxygen atoms in total. The Morgan fingerprint density at radius 1 is 1.06 bits per heavy atom. The highest BCUT2D eigenvalue weighted by atomic mass is 19.1. The van der Waals surface area contributed by atoms with Gasteiger partial charge in [0.05, 0.1) is 0 Å². The van der Waals surface area contributed by atoms with Crippen LogP contribution in [0.1, 0.15) is 5.56 Å². The maximum atomic E-state index is 13.1. The van der Waals surface area contributed by atoms with Gasteiger partial charge in [0.2, 0.25) is 0 Å². The predicted octanol–water partition coefficient (Wildman–Crippen LogP) is 3.54. The van der Waals surface area contributed by atoms with Gasteiger partial charge in [0.15, 0.2) is 0 Å². The molecule has 0 spiro atoms. The molecule has 0 saturated heterocycles. The quantitative estimate of drug-likeness (QED) is 0.676. The highest BCUT2D eigenvalue weighted by molar-refractivity contribution is 5.90. The summed E-state index contributed by atoms with van der Waals surface area (Å²) < 4.78 is 13.1. The maximum absolute atomic E-state index is 13.1. The minimum atomic E-state index is -0.222. The van der Waals surface area contributed by atoms with Crippen LogP contribution in [0.4, 0.5) is 4.39 Å². The highest BCUT2D eigenvalue weighted by Gasteiger charge is 2.02. The van der Waals surface area contributed by atoms with Crippen molar-refractivity contribution in [2.24, 2.45) is 4.99 Å². The first kappa shape index (κ1) is 10.6. The summed E-state index contributed by atoms with van der Waals surface area (Å²) >= 11 is 0. The summed E-state index contributed by atoms with van der Waals surface area (Å²) in [5.41, 5.74) is 2.86. The topological polar surface area (TPSA) is 12.4 Å². The fraction of sp³-hybridized carbons (Fsp3) is 0.0714. The van der Waals surface area contributed by atoms with Crippen LogP contribution in [0.2, 0.25) is 0 Å². The largest absolute Gasteiger partial charge is 0.296 e. The van der Waals surface area contributed by atoms with Crippen molar-refractivity contribution in [3.63, 3.8) is 0 Å². The molecule has 2 rings (SSSR count). The van der Waals surface area contributed by atoms with Crippen molar-refractivity contribution in [2.75, 3.05) is 7.05 Å². The number of benzene rings is 2. The summed E-state index contributed by atoms with van der Waals surface area (Å²) in [7, 11) is 1.72. The van der Waals surface area contributed by atoms with E-state index in [9.17, 15) is 4.39 Å². The molecule has 0 amide bonds. The zero-order chi connectivity index (χ0) is 11.4. The molecule has 2 aromatic rings. The second-order valence-electron chi connectivity index (χ2n) is 3.48. The normalized spacial score (nSPS) is 10.9. The van der Waals surface area contributed by atoms with Gasteiger partial charge in [0.1, 0.15) is 5.82 Å². The van der Waals surface area contributed by atoms with Gasteiger partial charge in [0, 0.05) is 18.8 Å². The van der Waals surface area contributed by atoms with Gasteiger partial charge in [-0.25, -0.2) is 4.39 Å². The van der Waals surface area contributed by atoms with Crippen LogP contribution in [0.15, 0.2) is 53.5 Å². The molecule has 2 aromatic carbocycles. The van der Waals surface area contributed by atoms with E-state index in [0.29, 0.717) is 0 Å². The van der Waals surface area contributed by atoms with E-state index in [-0.39, 0.29) is 5.82 Å². The zero-order valence-corrected chi connectivity index (χ0v) is 9.02. The molecule has 0 bridgehead atoms. The summed E-state index contributed by atoms with van der Waals surface area (Å²) in [4.78, 5) is 4.00. The smallest absolute Gasteiger partial charge is 0.123 e. The first-order valence-corrected chi connectivity index (χ1v) is 5.08. The Bertz CT molecular complexity index is 518. The number of hydrogen-bond acceptors (Lipinski definition) is 1. The van der Waals surface area contributed by atoms with Crippen LogP contribution in [0.5, 0.6) is 0 Å². The molecular weight excluding hydrogens is 201 g/mol. The SMILES string of the molecule is CN=Cc1ccccc1-c1cccc(F)c1. The molecule has 2 heteroatoms. The number of nitrogens with zero attached hydrogens (tertiary/aromatic N) is 1. The van der Waals surface area contributed by atoms with Crippen molar-refractivity contribution in [2.45, 2.75) is 0 Å². The van der Waals surface area contributed by atoms with Crippen molar-refractivity contribution in [3.8, 4) is 11.1 Å². The van der Waals surface area contributed by atoms with E-state index < -0.39 is 0 Å². The molecule has 0 heterocycles. The molecule has 0 aliphatic heterocycles. The van der Waals surface area contributed by atoms with Crippen LogP contribution in [0.3, 0.4) is 0 Å². The lowest BCUT2D eigenvalue weighted by molar-refractivity contribution is 0.628. The lowest BCUT2D eigenvalue weighted by atomic mass is 10.0. The van der Waals surface area contributed by atoms with E-state index in [2.05, 4.69) is 4.99 Å². The molecule has 0 aliphatic rings. The summed E-state index contributed by atoms with van der Waals surface area (Å²) in [5, 5.41) is 0. The van der Waals surface area contributed by atoms with E-state index >= 15 is 0 Å². The third kappa shape index (κ3) is 2.16. The molecule has 16 heavy (non-hydrogen) atoms. The third-order valence-electron chi connectivity index (χ3n) is 2.36. The predicted molar refractivity (Wildman–Crippen MR) is 65.4 cm³/mol. The van der Waals surface area contributed by atoms with Crippen LogP contribution < -0.4 is 0 Å². The van der Waals surface area contributed by atoms with Crippen LogP contribution in [-0.2, 0) is 0 Å². The fourth-order valence-electron chi connectivity index (χ4n) is 1.67. The average molecular weight is 213 g/mol. The monoisotopic (exact) mass is 213 g/mol. The van der Waals surface area contributed by atoms with Crippen molar-refractivity contribution < 1.29 is 4.39 Å². The van der Waals surface area contributed by atoms with E-state index in [1.165, 1.54) is 12.1 Å². The van der Waals surface area contributed by atoms with Crippen LogP contribution >= 0.6 is 0 Å². The first-order chi connectivity index (χ1) is 7.81. The number of halogens is 1. The lowest BCUT2D eigenvalue weighted by Gasteiger charge is -2.05. The van der Waals surface area contributed by atoms with Gasteiger partial charge >= 0.3 is 0 Å².